The Morgan fingerprint density at radius 1 is 1.32 bits per heavy atom. The van der Waals surface area contributed by atoms with Gasteiger partial charge in [-0.2, -0.15) is 0 Å². The van der Waals surface area contributed by atoms with Crippen LogP contribution in [-0.4, -0.2) is 51.7 Å². The van der Waals surface area contributed by atoms with Crippen LogP contribution in [0.4, 0.5) is 0 Å². The molecule has 154 valence electrons. The summed E-state index contributed by atoms with van der Waals surface area (Å²) in [6.07, 6.45) is 9.37. The summed E-state index contributed by atoms with van der Waals surface area (Å²) in [5.74, 6) is 0.0185. The van der Waals surface area contributed by atoms with Crippen molar-refractivity contribution in [1.29, 1.82) is 0 Å². The molecule has 4 aliphatic carbocycles. The Hall–Kier alpha value is -1.30. The normalized spacial score (nSPS) is 48.6. The monoisotopic (exact) mass is 387 g/mol. The molecule has 0 aromatic rings. The molecule has 5 heteroatoms. The Bertz CT molecular complexity index is 771. The van der Waals surface area contributed by atoms with Gasteiger partial charge >= 0.3 is 0 Å². The first kappa shape index (κ1) is 20.0. The van der Waals surface area contributed by atoms with Gasteiger partial charge < -0.3 is 15.3 Å². The largest absolute Gasteiger partial charge is 0.393 e. The molecule has 3 N–H and O–H groups in total. The first-order chi connectivity index (χ1) is 13.2. The van der Waals surface area contributed by atoms with E-state index in [1.807, 2.05) is 13.8 Å². The molecule has 0 spiro atoms. The third-order valence-electron chi connectivity index (χ3n) is 8.61. The second kappa shape index (κ2) is 6.61. The summed E-state index contributed by atoms with van der Waals surface area (Å²) < 4.78 is 0. The predicted molar refractivity (Wildman–Crippen MR) is 108 cm³/mol. The molecule has 0 heterocycles. The zero-order valence-electron chi connectivity index (χ0n) is 17.2. The third-order valence-corrected chi connectivity index (χ3v) is 8.61. The van der Waals surface area contributed by atoms with E-state index in [1.54, 1.807) is 0 Å². The number of Topliss-reactive ketones (excluding diaryl/α,β-unsaturated/α-hetero) is 1. The fourth-order valence-electron chi connectivity index (χ4n) is 7.21. The van der Waals surface area contributed by atoms with Crippen molar-refractivity contribution in [3.63, 3.8) is 0 Å². The van der Waals surface area contributed by atoms with E-state index in [9.17, 15) is 20.1 Å². The SMILES string of the molecule is CC/N=C1\C=C[C@@]2(C)C(=C1)CCC1C2[C@@H](O)C[C@@]2(C)C1CC[C@]2(O)C(=O)CO. The highest BCUT2D eigenvalue weighted by Gasteiger charge is 2.67. The van der Waals surface area contributed by atoms with Crippen molar-refractivity contribution >= 4 is 11.5 Å². The molecule has 4 rings (SSSR count). The van der Waals surface area contributed by atoms with E-state index in [4.69, 9.17) is 0 Å². The van der Waals surface area contributed by atoms with Crippen molar-refractivity contribution in [2.75, 3.05) is 13.2 Å². The number of ketones is 1. The van der Waals surface area contributed by atoms with Crippen molar-refractivity contribution < 1.29 is 20.1 Å². The zero-order valence-corrected chi connectivity index (χ0v) is 17.2. The van der Waals surface area contributed by atoms with Gasteiger partial charge in [0.1, 0.15) is 12.2 Å². The number of hydrogen-bond donors (Lipinski definition) is 3. The Labute approximate surface area is 167 Å². The second-order valence-electron chi connectivity index (χ2n) is 9.69. The summed E-state index contributed by atoms with van der Waals surface area (Å²) in [7, 11) is 0. The van der Waals surface area contributed by atoms with Crippen LogP contribution in [0.2, 0.25) is 0 Å². The number of fused-ring (bicyclic) bond motifs is 5. The van der Waals surface area contributed by atoms with E-state index in [1.165, 1.54) is 5.57 Å². The maximum atomic E-state index is 12.4. The van der Waals surface area contributed by atoms with Crippen LogP contribution in [-0.2, 0) is 4.79 Å². The van der Waals surface area contributed by atoms with Crippen molar-refractivity contribution in [3.8, 4) is 0 Å². The lowest BCUT2D eigenvalue weighted by Crippen LogP contribution is -2.61. The van der Waals surface area contributed by atoms with Crippen LogP contribution < -0.4 is 0 Å². The number of allylic oxidation sites excluding steroid dienone is 4. The van der Waals surface area contributed by atoms with Crippen molar-refractivity contribution in [2.45, 2.75) is 64.6 Å². The van der Waals surface area contributed by atoms with Crippen molar-refractivity contribution in [3.05, 3.63) is 23.8 Å². The van der Waals surface area contributed by atoms with Gasteiger partial charge in [0.05, 0.1) is 11.8 Å². The van der Waals surface area contributed by atoms with Gasteiger partial charge in [0.15, 0.2) is 5.78 Å². The predicted octanol–water partition coefficient (Wildman–Crippen LogP) is 2.45. The first-order valence-corrected chi connectivity index (χ1v) is 10.7. The van der Waals surface area contributed by atoms with Crippen molar-refractivity contribution in [2.24, 2.45) is 33.6 Å². The summed E-state index contributed by atoms with van der Waals surface area (Å²) in [6.45, 7) is 6.32. The van der Waals surface area contributed by atoms with E-state index >= 15 is 0 Å². The number of rotatable bonds is 3. The molecule has 0 saturated heterocycles. The number of hydrogen-bond acceptors (Lipinski definition) is 5. The molecule has 5 nitrogen and oxygen atoms in total. The van der Waals surface area contributed by atoms with Crippen LogP contribution in [0.3, 0.4) is 0 Å². The Kier molecular flexibility index (Phi) is 4.72. The molecule has 3 fully saturated rings. The van der Waals surface area contributed by atoms with Gasteiger partial charge in [0.2, 0.25) is 0 Å². The highest BCUT2D eigenvalue weighted by Crippen LogP contribution is 2.67. The molecule has 0 aliphatic heterocycles. The van der Waals surface area contributed by atoms with Gasteiger partial charge in [-0.25, -0.2) is 0 Å². The Morgan fingerprint density at radius 2 is 2.07 bits per heavy atom. The van der Waals surface area contributed by atoms with Gasteiger partial charge in [0, 0.05) is 23.3 Å². The van der Waals surface area contributed by atoms with Crippen LogP contribution in [0.25, 0.3) is 0 Å². The van der Waals surface area contributed by atoms with Gasteiger partial charge in [-0.3, -0.25) is 9.79 Å². The smallest absolute Gasteiger partial charge is 0.190 e. The van der Waals surface area contributed by atoms with Crippen LogP contribution in [0.5, 0.6) is 0 Å². The van der Waals surface area contributed by atoms with Gasteiger partial charge in [0.25, 0.3) is 0 Å². The van der Waals surface area contributed by atoms with E-state index in [2.05, 4.69) is 30.1 Å². The minimum Gasteiger partial charge on any atom is -0.393 e. The first-order valence-electron chi connectivity index (χ1n) is 10.7. The molecular formula is C23H33NO4. The molecule has 0 radical (unpaired) electrons. The number of nitrogens with zero attached hydrogens (tertiary/aromatic N) is 1. The quantitative estimate of drug-likeness (QED) is 0.694. The second-order valence-corrected chi connectivity index (χ2v) is 9.69. The molecule has 3 saturated carbocycles. The molecule has 4 aliphatic rings. The van der Waals surface area contributed by atoms with E-state index in [0.717, 1.165) is 31.5 Å². The minimum absolute atomic E-state index is 0.0802. The van der Waals surface area contributed by atoms with Crippen LogP contribution >= 0.6 is 0 Å². The molecule has 0 aromatic heterocycles. The lowest BCUT2D eigenvalue weighted by atomic mass is 9.46. The Balaban J connectivity index is 1.71. The Morgan fingerprint density at radius 3 is 2.75 bits per heavy atom. The molecule has 0 bridgehead atoms. The lowest BCUT2D eigenvalue weighted by Gasteiger charge is -2.59. The molecule has 3 unspecified atom stereocenters. The number of aliphatic imine (C=N–C) groups is 1. The average molecular weight is 388 g/mol. The maximum Gasteiger partial charge on any atom is 0.190 e. The molecule has 28 heavy (non-hydrogen) atoms. The number of aliphatic hydroxyl groups excluding tert-OH is 2. The van der Waals surface area contributed by atoms with Crippen molar-refractivity contribution in [1.82, 2.24) is 0 Å². The number of carbonyl (C=O) groups excluding carboxylic acids is 1. The van der Waals surface area contributed by atoms with Gasteiger partial charge in [-0.15, -0.1) is 0 Å². The zero-order chi connectivity index (χ0) is 20.3. The van der Waals surface area contributed by atoms with E-state index < -0.39 is 29.5 Å². The van der Waals surface area contributed by atoms with E-state index in [0.29, 0.717) is 12.8 Å². The molecule has 0 aromatic carbocycles. The fourth-order valence-corrected chi connectivity index (χ4v) is 7.21. The maximum absolute atomic E-state index is 12.4. The number of aliphatic hydroxyl groups is 3. The van der Waals surface area contributed by atoms with Crippen LogP contribution in [0.1, 0.15) is 52.9 Å². The van der Waals surface area contributed by atoms with Crippen LogP contribution in [0.15, 0.2) is 28.8 Å². The molecular weight excluding hydrogens is 354 g/mol. The number of carbonyl (C=O) groups is 1. The average Bonchev–Trinajstić information content (AvgIpc) is 2.93. The topological polar surface area (TPSA) is 90.1 Å². The summed E-state index contributed by atoms with van der Waals surface area (Å²) in [6, 6.07) is 0. The molecule has 0 amide bonds. The highest BCUT2D eigenvalue weighted by atomic mass is 16.3. The summed E-state index contributed by atoms with van der Waals surface area (Å²) >= 11 is 0. The molecule has 7 atom stereocenters. The summed E-state index contributed by atoms with van der Waals surface area (Å²) in [5.41, 5.74) is -0.0761. The third kappa shape index (κ3) is 2.49. The summed E-state index contributed by atoms with van der Waals surface area (Å²) in [4.78, 5) is 17.0. The minimum atomic E-state index is -1.53. The lowest BCUT2D eigenvalue weighted by molar-refractivity contribution is -0.178. The standard InChI is InChI=1S/C23H33NO4/c1-4-24-15-7-9-21(2)14(11-15)5-6-16-17-8-10-23(28,19(27)13-25)22(17,3)12-18(26)20(16)21/h7,9,11,16-18,20,25-26,28H,4-6,8,10,12-13H2,1-3H3/b24-15+/t16?,17?,18-,20?,21-,22-,23-/m0/s1. The van der Waals surface area contributed by atoms with E-state index in [-0.39, 0.29) is 23.2 Å². The fraction of sp³-hybridized carbons (Fsp3) is 0.739. The highest BCUT2D eigenvalue weighted by molar-refractivity contribution is 6.05. The van der Waals surface area contributed by atoms with Gasteiger partial charge in [-0.1, -0.05) is 25.5 Å². The van der Waals surface area contributed by atoms with Gasteiger partial charge in [-0.05, 0) is 63.0 Å². The van der Waals surface area contributed by atoms with Crippen LogP contribution in [0, 0.1) is 28.6 Å². The summed E-state index contributed by atoms with van der Waals surface area (Å²) in [5, 5.41) is 32.0.